The fourth-order valence-corrected chi connectivity index (χ4v) is 1.73. The minimum absolute atomic E-state index is 0.274. The maximum Gasteiger partial charge on any atom is 0.165 e. The predicted molar refractivity (Wildman–Crippen MR) is 70.3 cm³/mol. The number of halogens is 1. The number of para-hydroxylation sites is 1. The molecule has 3 nitrogen and oxygen atoms in total. The molecule has 0 aliphatic heterocycles. The summed E-state index contributed by atoms with van der Waals surface area (Å²) in [5, 5.41) is 3.38. The van der Waals surface area contributed by atoms with Crippen LogP contribution in [0.15, 0.2) is 18.2 Å². The molecule has 0 aromatic heterocycles. The van der Waals surface area contributed by atoms with Crippen LogP contribution in [-0.4, -0.2) is 38.2 Å². The highest BCUT2D eigenvalue weighted by Gasteiger charge is 2.21. The van der Waals surface area contributed by atoms with Crippen molar-refractivity contribution in [1.82, 2.24) is 10.2 Å². The van der Waals surface area contributed by atoms with Gasteiger partial charge in [0.15, 0.2) is 11.6 Å². The van der Waals surface area contributed by atoms with Crippen molar-refractivity contribution in [1.29, 1.82) is 0 Å². The summed E-state index contributed by atoms with van der Waals surface area (Å²) in [6.07, 6.45) is 2.46. The van der Waals surface area contributed by atoms with Gasteiger partial charge in [-0.15, -0.1) is 0 Å². The second kappa shape index (κ2) is 6.16. The van der Waals surface area contributed by atoms with Gasteiger partial charge in [0, 0.05) is 24.7 Å². The number of ether oxygens (including phenoxy) is 1. The SMILES string of the molecule is CN(C)CCOc1c(F)cccc1CNC1CC1. The van der Waals surface area contributed by atoms with E-state index in [1.54, 1.807) is 6.07 Å². The molecule has 0 spiro atoms. The van der Waals surface area contributed by atoms with Crippen LogP contribution in [-0.2, 0) is 6.54 Å². The molecule has 4 heteroatoms. The number of likely N-dealkylation sites (N-methyl/N-ethyl adjacent to an activating group) is 1. The number of nitrogens with one attached hydrogen (secondary N) is 1. The van der Waals surface area contributed by atoms with Crippen molar-refractivity contribution >= 4 is 0 Å². The molecule has 0 bridgehead atoms. The first-order valence-corrected chi connectivity index (χ1v) is 6.45. The van der Waals surface area contributed by atoms with Gasteiger partial charge in [0.05, 0.1) is 0 Å². The molecule has 1 aliphatic rings. The summed E-state index contributed by atoms with van der Waals surface area (Å²) in [6, 6.07) is 5.72. The smallest absolute Gasteiger partial charge is 0.165 e. The summed E-state index contributed by atoms with van der Waals surface area (Å²) < 4.78 is 19.3. The van der Waals surface area contributed by atoms with Crippen LogP contribution in [0.5, 0.6) is 5.75 Å². The summed E-state index contributed by atoms with van der Waals surface area (Å²) in [4.78, 5) is 2.02. The third-order valence-electron chi connectivity index (χ3n) is 2.99. The quantitative estimate of drug-likeness (QED) is 0.803. The monoisotopic (exact) mass is 252 g/mol. The van der Waals surface area contributed by atoms with E-state index in [-0.39, 0.29) is 5.82 Å². The van der Waals surface area contributed by atoms with Crippen molar-refractivity contribution in [3.63, 3.8) is 0 Å². The van der Waals surface area contributed by atoms with Gasteiger partial charge in [0.25, 0.3) is 0 Å². The molecule has 1 aliphatic carbocycles. The zero-order valence-electron chi connectivity index (χ0n) is 11.1. The van der Waals surface area contributed by atoms with Crippen molar-refractivity contribution in [2.45, 2.75) is 25.4 Å². The van der Waals surface area contributed by atoms with Crippen molar-refractivity contribution in [3.05, 3.63) is 29.6 Å². The molecule has 1 saturated carbocycles. The molecule has 1 aromatic rings. The number of benzene rings is 1. The first-order chi connectivity index (χ1) is 8.66. The molecule has 18 heavy (non-hydrogen) atoms. The Labute approximate surface area is 108 Å². The molecular weight excluding hydrogens is 231 g/mol. The highest BCUT2D eigenvalue weighted by molar-refractivity contribution is 5.35. The second-order valence-corrected chi connectivity index (χ2v) is 5.03. The minimum Gasteiger partial charge on any atom is -0.489 e. The topological polar surface area (TPSA) is 24.5 Å². The van der Waals surface area contributed by atoms with Crippen LogP contribution < -0.4 is 10.1 Å². The minimum atomic E-state index is -0.274. The van der Waals surface area contributed by atoms with Gasteiger partial charge in [-0.1, -0.05) is 12.1 Å². The first kappa shape index (κ1) is 13.3. The summed E-state index contributed by atoms with van der Waals surface area (Å²) in [5.41, 5.74) is 0.903. The van der Waals surface area contributed by atoms with Crippen LogP contribution in [0.25, 0.3) is 0 Å². The molecule has 1 aromatic carbocycles. The second-order valence-electron chi connectivity index (χ2n) is 5.03. The van der Waals surface area contributed by atoms with E-state index < -0.39 is 0 Å². The third-order valence-corrected chi connectivity index (χ3v) is 2.99. The van der Waals surface area contributed by atoms with Gasteiger partial charge in [-0.05, 0) is 33.0 Å². The normalized spacial score (nSPS) is 15.1. The largest absolute Gasteiger partial charge is 0.489 e. The number of hydrogen-bond acceptors (Lipinski definition) is 3. The van der Waals surface area contributed by atoms with E-state index in [1.807, 2.05) is 25.1 Å². The summed E-state index contributed by atoms with van der Waals surface area (Å²) in [5.74, 6) is 0.122. The number of rotatable bonds is 7. The van der Waals surface area contributed by atoms with Crippen molar-refractivity contribution in [2.75, 3.05) is 27.2 Å². The maximum absolute atomic E-state index is 13.7. The Kier molecular flexibility index (Phi) is 4.55. The molecule has 0 amide bonds. The zero-order valence-corrected chi connectivity index (χ0v) is 11.1. The van der Waals surface area contributed by atoms with Crippen molar-refractivity contribution in [3.8, 4) is 5.75 Å². The number of hydrogen-bond donors (Lipinski definition) is 1. The highest BCUT2D eigenvalue weighted by atomic mass is 19.1. The van der Waals surface area contributed by atoms with Crippen molar-refractivity contribution in [2.24, 2.45) is 0 Å². The molecule has 0 saturated heterocycles. The van der Waals surface area contributed by atoms with E-state index in [4.69, 9.17) is 4.74 Å². The van der Waals surface area contributed by atoms with Crippen LogP contribution in [0.3, 0.4) is 0 Å². The van der Waals surface area contributed by atoms with Gasteiger partial charge >= 0.3 is 0 Å². The molecule has 0 unspecified atom stereocenters. The van der Waals surface area contributed by atoms with Crippen LogP contribution in [0.1, 0.15) is 18.4 Å². The summed E-state index contributed by atoms with van der Waals surface area (Å²) in [6.45, 7) is 1.97. The van der Waals surface area contributed by atoms with E-state index in [0.717, 1.165) is 12.1 Å². The Bertz CT molecular complexity index is 391. The lowest BCUT2D eigenvalue weighted by atomic mass is 10.2. The van der Waals surface area contributed by atoms with Crippen LogP contribution in [0.4, 0.5) is 4.39 Å². The number of nitrogens with zero attached hydrogens (tertiary/aromatic N) is 1. The van der Waals surface area contributed by atoms with E-state index in [0.29, 0.717) is 24.9 Å². The first-order valence-electron chi connectivity index (χ1n) is 6.45. The lowest BCUT2D eigenvalue weighted by Gasteiger charge is -2.15. The molecule has 1 fully saturated rings. The van der Waals surface area contributed by atoms with Gasteiger partial charge in [-0.25, -0.2) is 4.39 Å². The zero-order chi connectivity index (χ0) is 13.0. The maximum atomic E-state index is 13.7. The standard InChI is InChI=1S/C14H21FN2O/c1-17(2)8-9-18-14-11(4-3-5-13(14)15)10-16-12-6-7-12/h3-5,12,16H,6-10H2,1-2H3. The molecule has 0 heterocycles. The van der Waals surface area contributed by atoms with E-state index in [1.165, 1.54) is 18.9 Å². The van der Waals surface area contributed by atoms with Gasteiger partial charge in [-0.3, -0.25) is 0 Å². The molecule has 0 atom stereocenters. The Balaban J connectivity index is 1.95. The van der Waals surface area contributed by atoms with Gasteiger partial charge in [-0.2, -0.15) is 0 Å². The average molecular weight is 252 g/mol. The average Bonchev–Trinajstić information content (AvgIpc) is 3.12. The predicted octanol–water partition coefficient (Wildman–Crippen LogP) is 2.02. The summed E-state index contributed by atoms with van der Waals surface area (Å²) >= 11 is 0. The van der Waals surface area contributed by atoms with Crippen LogP contribution in [0.2, 0.25) is 0 Å². The van der Waals surface area contributed by atoms with E-state index >= 15 is 0 Å². The Hall–Kier alpha value is -1.13. The molecule has 2 rings (SSSR count). The molecular formula is C14H21FN2O. The van der Waals surface area contributed by atoms with Gasteiger partial charge in [0.1, 0.15) is 6.61 Å². The fraction of sp³-hybridized carbons (Fsp3) is 0.571. The lowest BCUT2D eigenvalue weighted by molar-refractivity contribution is 0.250. The summed E-state index contributed by atoms with van der Waals surface area (Å²) in [7, 11) is 3.94. The van der Waals surface area contributed by atoms with Crippen LogP contribution >= 0.6 is 0 Å². The highest BCUT2D eigenvalue weighted by Crippen LogP contribution is 2.25. The van der Waals surface area contributed by atoms with Crippen molar-refractivity contribution < 1.29 is 9.13 Å². The van der Waals surface area contributed by atoms with Gasteiger partial charge in [0.2, 0.25) is 0 Å². The molecule has 0 radical (unpaired) electrons. The van der Waals surface area contributed by atoms with E-state index in [2.05, 4.69) is 5.32 Å². The Morgan fingerprint density at radius 3 is 2.83 bits per heavy atom. The Morgan fingerprint density at radius 1 is 1.39 bits per heavy atom. The fourth-order valence-electron chi connectivity index (χ4n) is 1.73. The Morgan fingerprint density at radius 2 is 2.17 bits per heavy atom. The van der Waals surface area contributed by atoms with E-state index in [9.17, 15) is 4.39 Å². The molecule has 1 N–H and O–H groups in total. The van der Waals surface area contributed by atoms with Crippen LogP contribution in [0, 0.1) is 5.82 Å². The lowest BCUT2D eigenvalue weighted by Crippen LogP contribution is -2.21. The third kappa shape index (κ3) is 3.96. The molecule has 100 valence electrons. The van der Waals surface area contributed by atoms with Gasteiger partial charge < -0.3 is 15.0 Å².